The van der Waals surface area contributed by atoms with Gasteiger partial charge in [-0.15, -0.1) is 0 Å². The second kappa shape index (κ2) is 4.34. The van der Waals surface area contributed by atoms with Crippen LogP contribution in [0.25, 0.3) is 0 Å². The Morgan fingerprint density at radius 2 is 1.75 bits per heavy atom. The van der Waals surface area contributed by atoms with Crippen LogP contribution < -0.4 is 0 Å². The Morgan fingerprint density at radius 1 is 1.25 bits per heavy atom. The van der Waals surface area contributed by atoms with Gasteiger partial charge in [-0.1, -0.05) is 0 Å². The average molecular weight is 227 g/mol. The van der Waals surface area contributed by atoms with Crippen molar-refractivity contribution in [2.45, 2.75) is 57.3 Å². The number of carbonyl (C=O) groups is 1. The molecule has 1 aliphatic carbocycles. The van der Waals surface area contributed by atoms with Crippen LogP contribution in [0.15, 0.2) is 0 Å². The van der Waals surface area contributed by atoms with Crippen molar-refractivity contribution in [1.29, 1.82) is 0 Å². The van der Waals surface area contributed by atoms with E-state index in [-0.39, 0.29) is 18.1 Å². The molecule has 1 saturated heterocycles. The van der Waals surface area contributed by atoms with Crippen LogP contribution >= 0.6 is 0 Å². The third-order valence-electron chi connectivity index (χ3n) is 3.54. The topological polar surface area (TPSA) is 49.8 Å². The molecular weight excluding hydrogens is 206 g/mol. The number of aliphatic hydroxyl groups is 1. The molecule has 4 heteroatoms. The van der Waals surface area contributed by atoms with Gasteiger partial charge in [0.2, 0.25) is 0 Å². The third-order valence-corrected chi connectivity index (χ3v) is 3.54. The number of hydrogen-bond acceptors (Lipinski definition) is 3. The molecule has 1 saturated carbocycles. The van der Waals surface area contributed by atoms with Gasteiger partial charge in [-0.05, 0) is 39.5 Å². The van der Waals surface area contributed by atoms with Crippen molar-refractivity contribution in [3.63, 3.8) is 0 Å². The van der Waals surface area contributed by atoms with Crippen molar-refractivity contribution in [2.75, 3.05) is 13.1 Å². The Morgan fingerprint density at radius 3 is 2.25 bits per heavy atom. The first-order valence-corrected chi connectivity index (χ1v) is 6.18. The van der Waals surface area contributed by atoms with Gasteiger partial charge in [0.25, 0.3) is 5.91 Å². The summed E-state index contributed by atoms with van der Waals surface area (Å²) in [4.78, 5) is 14.0. The minimum Gasteiger partial charge on any atom is -0.380 e. The smallest absolute Gasteiger partial charge is 0.254 e. The first kappa shape index (κ1) is 11.9. The maximum absolute atomic E-state index is 12.2. The van der Waals surface area contributed by atoms with Crippen LogP contribution in [0.2, 0.25) is 0 Å². The van der Waals surface area contributed by atoms with E-state index in [0.29, 0.717) is 25.9 Å². The number of hydrogen-bond donors (Lipinski definition) is 1. The first-order chi connectivity index (χ1) is 7.51. The molecule has 2 aliphatic rings. The summed E-state index contributed by atoms with van der Waals surface area (Å²) in [6.45, 7) is 5.14. The number of nitrogens with zero attached hydrogens (tertiary/aromatic N) is 1. The second-order valence-corrected chi connectivity index (χ2v) is 5.21. The zero-order valence-electron chi connectivity index (χ0n) is 10.1. The van der Waals surface area contributed by atoms with E-state index in [4.69, 9.17) is 4.74 Å². The van der Waals surface area contributed by atoms with Crippen LogP contribution in [0, 0.1) is 0 Å². The minimum absolute atomic E-state index is 0.0673. The molecule has 92 valence electrons. The summed E-state index contributed by atoms with van der Waals surface area (Å²) in [5, 5.41) is 10.3. The maximum Gasteiger partial charge on any atom is 0.254 e. The van der Waals surface area contributed by atoms with Gasteiger partial charge in [0, 0.05) is 13.1 Å². The van der Waals surface area contributed by atoms with Gasteiger partial charge in [-0.25, -0.2) is 0 Å². The molecule has 1 amide bonds. The van der Waals surface area contributed by atoms with Crippen LogP contribution in [0.4, 0.5) is 0 Å². The van der Waals surface area contributed by atoms with Gasteiger partial charge in [-0.2, -0.15) is 0 Å². The Kier molecular flexibility index (Phi) is 3.22. The molecule has 16 heavy (non-hydrogen) atoms. The van der Waals surface area contributed by atoms with E-state index >= 15 is 0 Å². The van der Waals surface area contributed by atoms with Crippen molar-refractivity contribution < 1.29 is 14.6 Å². The number of rotatable bonds is 1. The number of amides is 1. The lowest BCUT2D eigenvalue weighted by Crippen LogP contribution is -2.55. The molecule has 0 aromatic carbocycles. The largest absolute Gasteiger partial charge is 0.380 e. The summed E-state index contributed by atoms with van der Waals surface area (Å²) < 4.78 is 5.59. The van der Waals surface area contributed by atoms with Crippen LogP contribution in [0.5, 0.6) is 0 Å². The molecule has 0 radical (unpaired) electrons. The van der Waals surface area contributed by atoms with E-state index < -0.39 is 5.60 Å². The van der Waals surface area contributed by atoms with Crippen LogP contribution in [0.1, 0.15) is 39.5 Å². The van der Waals surface area contributed by atoms with Crippen molar-refractivity contribution >= 4 is 5.91 Å². The lowest BCUT2D eigenvalue weighted by Gasteiger charge is -2.38. The molecule has 2 unspecified atom stereocenters. The fourth-order valence-corrected chi connectivity index (χ4v) is 2.81. The lowest BCUT2D eigenvalue weighted by atomic mass is 9.99. The summed E-state index contributed by atoms with van der Waals surface area (Å²) >= 11 is 0. The van der Waals surface area contributed by atoms with E-state index in [0.717, 1.165) is 12.8 Å². The van der Waals surface area contributed by atoms with Crippen LogP contribution in [-0.4, -0.2) is 46.8 Å². The summed E-state index contributed by atoms with van der Waals surface area (Å²) in [6, 6.07) is 0. The monoisotopic (exact) mass is 227 g/mol. The van der Waals surface area contributed by atoms with E-state index in [2.05, 4.69) is 0 Å². The van der Waals surface area contributed by atoms with Gasteiger partial charge in [0.15, 0.2) is 0 Å². The number of morpholine rings is 1. The minimum atomic E-state index is -1.09. The molecule has 1 N–H and O–H groups in total. The van der Waals surface area contributed by atoms with Gasteiger partial charge in [-0.3, -0.25) is 4.79 Å². The van der Waals surface area contributed by atoms with Gasteiger partial charge < -0.3 is 14.7 Å². The molecule has 0 aromatic heterocycles. The summed E-state index contributed by atoms with van der Waals surface area (Å²) in [5.74, 6) is -0.0907. The molecule has 2 fully saturated rings. The molecule has 1 aliphatic heterocycles. The third kappa shape index (κ3) is 2.23. The van der Waals surface area contributed by atoms with Gasteiger partial charge in [0.1, 0.15) is 5.60 Å². The molecule has 0 spiro atoms. The van der Waals surface area contributed by atoms with E-state index in [1.807, 2.05) is 13.8 Å². The van der Waals surface area contributed by atoms with Crippen molar-refractivity contribution in [2.24, 2.45) is 0 Å². The fraction of sp³-hybridized carbons (Fsp3) is 0.917. The lowest BCUT2D eigenvalue weighted by molar-refractivity contribution is -0.161. The average Bonchev–Trinajstić information content (AvgIpc) is 2.64. The predicted octanol–water partition coefficient (Wildman–Crippen LogP) is 0.927. The molecule has 0 bridgehead atoms. The second-order valence-electron chi connectivity index (χ2n) is 5.21. The zero-order valence-corrected chi connectivity index (χ0v) is 10.1. The molecule has 2 rings (SSSR count). The van der Waals surface area contributed by atoms with Gasteiger partial charge >= 0.3 is 0 Å². The molecule has 4 nitrogen and oxygen atoms in total. The summed E-state index contributed by atoms with van der Waals surface area (Å²) in [7, 11) is 0. The highest BCUT2D eigenvalue weighted by molar-refractivity contribution is 5.85. The summed E-state index contributed by atoms with van der Waals surface area (Å²) in [6.07, 6.45) is 3.28. The van der Waals surface area contributed by atoms with Gasteiger partial charge in [0.05, 0.1) is 12.2 Å². The van der Waals surface area contributed by atoms with Crippen molar-refractivity contribution in [1.82, 2.24) is 4.90 Å². The van der Waals surface area contributed by atoms with E-state index in [1.54, 1.807) is 4.90 Å². The fourth-order valence-electron chi connectivity index (χ4n) is 2.81. The Labute approximate surface area is 96.6 Å². The summed E-state index contributed by atoms with van der Waals surface area (Å²) in [5.41, 5.74) is -1.09. The number of carbonyl (C=O) groups excluding carboxylic acids is 1. The Balaban J connectivity index is 2.03. The standard InChI is InChI=1S/C12H21NO3/c1-9-7-13(8-10(2)16-9)11(14)12(15)5-3-4-6-12/h9-10,15H,3-8H2,1-2H3. The number of ether oxygens (including phenoxy) is 1. The highest BCUT2D eigenvalue weighted by Gasteiger charge is 2.43. The highest BCUT2D eigenvalue weighted by atomic mass is 16.5. The SMILES string of the molecule is CC1CN(C(=O)C2(O)CCCC2)CC(C)O1. The quantitative estimate of drug-likeness (QED) is 0.725. The highest BCUT2D eigenvalue weighted by Crippen LogP contribution is 2.32. The predicted molar refractivity (Wildman–Crippen MR) is 60.0 cm³/mol. The first-order valence-electron chi connectivity index (χ1n) is 6.18. The zero-order chi connectivity index (χ0) is 11.8. The molecule has 0 aromatic rings. The normalized spacial score (nSPS) is 34.1. The molecular formula is C12H21NO3. The van der Waals surface area contributed by atoms with Crippen LogP contribution in [0.3, 0.4) is 0 Å². The Bertz CT molecular complexity index is 263. The van der Waals surface area contributed by atoms with Crippen molar-refractivity contribution in [3.8, 4) is 0 Å². The van der Waals surface area contributed by atoms with Crippen molar-refractivity contribution in [3.05, 3.63) is 0 Å². The molecule has 2 atom stereocenters. The molecule has 1 heterocycles. The van der Waals surface area contributed by atoms with E-state index in [1.165, 1.54) is 0 Å². The Hall–Kier alpha value is -0.610. The van der Waals surface area contributed by atoms with Crippen LogP contribution in [-0.2, 0) is 9.53 Å². The van der Waals surface area contributed by atoms with E-state index in [9.17, 15) is 9.90 Å². The maximum atomic E-state index is 12.2.